The summed E-state index contributed by atoms with van der Waals surface area (Å²) in [6, 6.07) is 11.9. The van der Waals surface area contributed by atoms with Crippen LogP contribution in [0.1, 0.15) is 21.5 Å². The number of halogens is 1. The summed E-state index contributed by atoms with van der Waals surface area (Å²) in [7, 11) is 1.77. The van der Waals surface area contributed by atoms with Crippen LogP contribution in [-0.4, -0.2) is 13.0 Å². The number of hydrogen-bond acceptors (Lipinski definition) is 2. The standard InChI is InChI=1S/C16H17FN2O/c1-11-7-8-13(15(9-11)18-2)16(20)19-10-12-5-3-4-6-14(12)17/h3-9,18H,10H2,1-2H3,(H,19,20). The van der Waals surface area contributed by atoms with Crippen LogP contribution in [-0.2, 0) is 6.54 Å². The maximum absolute atomic E-state index is 13.5. The third-order valence-electron chi connectivity index (χ3n) is 3.09. The van der Waals surface area contributed by atoms with Crippen LogP contribution in [0, 0.1) is 12.7 Å². The summed E-state index contributed by atoms with van der Waals surface area (Å²) in [5.74, 6) is -0.539. The number of rotatable bonds is 4. The molecule has 0 saturated carbocycles. The zero-order chi connectivity index (χ0) is 14.5. The Bertz CT molecular complexity index is 626. The van der Waals surface area contributed by atoms with Crippen molar-refractivity contribution in [2.24, 2.45) is 0 Å². The van der Waals surface area contributed by atoms with Crippen LogP contribution in [0.4, 0.5) is 10.1 Å². The molecule has 4 heteroatoms. The highest BCUT2D eigenvalue weighted by Crippen LogP contribution is 2.17. The van der Waals surface area contributed by atoms with Crippen molar-refractivity contribution in [2.45, 2.75) is 13.5 Å². The molecular formula is C16H17FN2O. The van der Waals surface area contributed by atoms with Crippen molar-refractivity contribution in [2.75, 3.05) is 12.4 Å². The minimum Gasteiger partial charge on any atom is -0.387 e. The third kappa shape index (κ3) is 3.15. The molecule has 0 fully saturated rings. The Balaban J connectivity index is 2.11. The van der Waals surface area contributed by atoms with E-state index in [1.807, 2.05) is 19.1 Å². The minimum absolute atomic E-state index is 0.169. The molecule has 0 aromatic heterocycles. The molecule has 0 atom stereocenters. The lowest BCUT2D eigenvalue weighted by molar-refractivity contribution is 0.0951. The predicted molar refractivity (Wildman–Crippen MR) is 78.3 cm³/mol. The van der Waals surface area contributed by atoms with Crippen LogP contribution < -0.4 is 10.6 Å². The average molecular weight is 272 g/mol. The second kappa shape index (κ2) is 6.19. The first kappa shape index (κ1) is 14.1. The van der Waals surface area contributed by atoms with Crippen LogP contribution in [0.2, 0.25) is 0 Å². The Morgan fingerprint density at radius 1 is 1.20 bits per heavy atom. The Hall–Kier alpha value is -2.36. The summed E-state index contributed by atoms with van der Waals surface area (Å²) in [5, 5.41) is 5.72. The number of anilines is 1. The van der Waals surface area contributed by atoms with Gasteiger partial charge in [-0.25, -0.2) is 4.39 Å². The first-order valence-corrected chi connectivity index (χ1v) is 6.42. The molecule has 0 radical (unpaired) electrons. The normalized spacial score (nSPS) is 10.2. The number of benzene rings is 2. The first-order chi connectivity index (χ1) is 9.61. The molecular weight excluding hydrogens is 255 g/mol. The summed E-state index contributed by atoms with van der Waals surface area (Å²) >= 11 is 0. The Morgan fingerprint density at radius 3 is 2.65 bits per heavy atom. The molecule has 0 aliphatic carbocycles. The van der Waals surface area contributed by atoms with Gasteiger partial charge in [0.2, 0.25) is 0 Å². The number of carbonyl (C=O) groups excluding carboxylic acids is 1. The third-order valence-corrected chi connectivity index (χ3v) is 3.09. The molecule has 0 heterocycles. The zero-order valence-electron chi connectivity index (χ0n) is 11.5. The van der Waals surface area contributed by atoms with Gasteiger partial charge >= 0.3 is 0 Å². The van der Waals surface area contributed by atoms with Crippen molar-refractivity contribution in [1.82, 2.24) is 5.32 Å². The fourth-order valence-electron chi connectivity index (χ4n) is 1.98. The number of carbonyl (C=O) groups is 1. The Kier molecular flexibility index (Phi) is 4.35. The Labute approximate surface area is 117 Å². The summed E-state index contributed by atoms with van der Waals surface area (Å²) in [6.07, 6.45) is 0. The SMILES string of the molecule is CNc1cc(C)ccc1C(=O)NCc1ccccc1F. The molecule has 104 valence electrons. The van der Waals surface area contributed by atoms with E-state index in [1.54, 1.807) is 31.3 Å². The molecule has 0 unspecified atom stereocenters. The van der Waals surface area contributed by atoms with Gasteiger partial charge in [-0.3, -0.25) is 4.79 Å². The summed E-state index contributed by atoms with van der Waals surface area (Å²) in [6.45, 7) is 2.13. The fourth-order valence-corrected chi connectivity index (χ4v) is 1.98. The van der Waals surface area contributed by atoms with Gasteiger partial charge < -0.3 is 10.6 Å². The van der Waals surface area contributed by atoms with Gasteiger partial charge in [-0.15, -0.1) is 0 Å². The van der Waals surface area contributed by atoms with E-state index in [4.69, 9.17) is 0 Å². The van der Waals surface area contributed by atoms with E-state index < -0.39 is 0 Å². The average Bonchev–Trinajstić information content (AvgIpc) is 2.46. The van der Waals surface area contributed by atoms with E-state index >= 15 is 0 Å². The van der Waals surface area contributed by atoms with Crippen molar-refractivity contribution in [3.05, 3.63) is 65.0 Å². The number of aryl methyl sites for hydroxylation is 1. The summed E-state index contributed by atoms with van der Waals surface area (Å²) < 4.78 is 13.5. The van der Waals surface area contributed by atoms with Gasteiger partial charge in [0.15, 0.2) is 0 Å². The molecule has 0 aliphatic rings. The molecule has 2 N–H and O–H groups in total. The topological polar surface area (TPSA) is 41.1 Å². The van der Waals surface area contributed by atoms with Crippen molar-refractivity contribution >= 4 is 11.6 Å². The van der Waals surface area contributed by atoms with Crippen molar-refractivity contribution < 1.29 is 9.18 Å². The van der Waals surface area contributed by atoms with Crippen LogP contribution in [0.15, 0.2) is 42.5 Å². The van der Waals surface area contributed by atoms with Crippen molar-refractivity contribution in [1.29, 1.82) is 0 Å². The van der Waals surface area contributed by atoms with E-state index in [2.05, 4.69) is 10.6 Å². The monoisotopic (exact) mass is 272 g/mol. The van der Waals surface area contributed by atoms with E-state index in [0.717, 1.165) is 11.3 Å². The zero-order valence-corrected chi connectivity index (χ0v) is 11.5. The highest BCUT2D eigenvalue weighted by Gasteiger charge is 2.11. The molecule has 3 nitrogen and oxygen atoms in total. The molecule has 2 aromatic carbocycles. The predicted octanol–water partition coefficient (Wildman–Crippen LogP) is 3.11. The molecule has 2 aromatic rings. The molecule has 0 bridgehead atoms. The maximum Gasteiger partial charge on any atom is 0.253 e. The van der Waals surface area contributed by atoms with Gasteiger partial charge in [-0.1, -0.05) is 24.3 Å². The molecule has 20 heavy (non-hydrogen) atoms. The summed E-state index contributed by atoms with van der Waals surface area (Å²) in [4.78, 5) is 12.1. The molecule has 0 aliphatic heterocycles. The number of hydrogen-bond donors (Lipinski definition) is 2. The smallest absolute Gasteiger partial charge is 0.253 e. The quantitative estimate of drug-likeness (QED) is 0.898. The molecule has 2 rings (SSSR count). The van der Waals surface area contributed by atoms with E-state index in [-0.39, 0.29) is 18.3 Å². The van der Waals surface area contributed by atoms with Gasteiger partial charge in [-0.05, 0) is 30.7 Å². The van der Waals surface area contributed by atoms with Gasteiger partial charge in [0.1, 0.15) is 5.82 Å². The largest absolute Gasteiger partial charge is 0.387 e. The van der Waals surface area contributed by atoms with Gasteiger partial charge in [0, 0.05) is 24.8 Å². The lowest BCUT2D eigenvalue weighted by Crippen LogP contribution is -2.24. The second-order valence-corrected chi connectivity index (χ2v) is 4.57. The lowest BCUT2D eigenvalue weighted by atomic mass is 10.1. The van der Waals surface area contributed by atoms with Crippen molar-refractivity contribution in [3.63, 3.8) is 0 Å². The molecule has 1 amide bonds. The van der Waals surface area contributed by atoms with E-state index in [9.17, 15) is 9.18 Å². The highest BCUT2D eigenvalue weighted by molar-refractivity contribution is 5.99. The molecule has 0 saturated heterocycles. The van der Waals surface area contributed by atoms with Crippen LogP contribution in [0.25, 0.3) is 0 Å². The molecule has 0 spiro atoms. The number of nitrogens with one attached hydrogen (secondary N) is 2. The van der Waals surface area contributed by atoms with Gasteiger partial charge in [0.05, 0.1) is 5.56 Å². The first-order valence-electron chi connectivity index (χ1n) is 6.42. The van der Waals surface area contributed by atoms with Crippen molar-refractivity contribution in [3.8, 4) is 0 Å². The summed E-state index contributed by atoms with van der Waals surface area (Å²) in [5.41, 5.74) is 2.85. The lowest BCUT2D eigenvalue weighted by Gasteiger charge is -2.11. The maximum atomic E-state index is 13.5. The van der Waals surface area contributed by atoms with E-state index in [0.29, 0.717) is 11.1 Å². The van der Waals surface area contributed by atoms with E-state index in [1.165, 1.54) is 6.07 Å². The van der Waals surface area contributed by atoms with Crippen LogP contribution in [0.5, 0.6) is 0 Å². The number of amides is 1. The second-order valence-electron chi connectivity index (χ2n) is 4.57. The fraction of sp³-hybridized carbons (Fsp3) is 0.188. The van der Waals surface area contributed by atoms with Gasteiger partial charge in [0.25, 0.3) is 5.91 Å². The highest BCUT2D eigenvalue weighted by atomic mass is 19.1. The minimum atomic E-state index is -0.314. The Morgan fingerprint density at radius 2 is 1.95 bits per heavy atom. The van der Waals surface area contributed by atoms with Crippen LogP contribution >= 0.6 is 0 Å². The van der Waals surface area contributed by atoms with Crippen LogP contribution in [0.3, 0.4) is 0 Å². The van der Waals surface area contributed by atoms with Gasteiger partial charge in [-0.2, -0.15) is 0 Å².